The maximum atomic E-state index is 13.6. The van der Waals surface area contributed by atoms with Gasteiger partial charge in [0.2, 0.25) is 0 Å². The van der Waals surface area contributed by atoms with Gasteiger partial charge in [0.15, 0.2) is 0 Å². The number of nitrogens with one attached hydrogen (secondary N) is 4. The molecule has 1 aromatic carbocycles. The number of carbonyl (C=O) groups is 2. The van der Waals surface area contributed by atoms with Gasteiger partial charge in [0, 0.05) is 38.4 Å². The van der Waals surface area contributed by atoms with Crippen molar-refractivity contribution >= 4 is 44.7 Å². The van der Waals surface area contributed by atoms with Crippen LogP contribution in [-0.2, 0) is 4.79 Å². The number of pyridine rings is 1. The minimum absolute atomic E-state index is 0.115. The van der Waals surface area contributed by atoms with E-state index in [2.05, 4.69) is 50.3 Å². The van der Waals surface area contributed by atoms with E-state index in [0.29, 0.717) is 17.2 Å². The van der Waals surface area contributed by atoms with Gasteiger partial charge in [-0.3, -0.25) is 20.0 Å². The van der Waals surface area contributed by atoms with E-state index in [4.69, 9.17) is 0 Å². The Balaban J connectivity index is 1.36. The number of hydrazine groups is 1. The first kappa shape index (κ1) is 27.9. The molecule has 10 nitrogen and oxygen atoms in total. The topological polar surface area (TPSA) is 105 Å². The largest absolute Gasteiger partial charge is 0.372 e. The molecule has 40 heavy (non-hydrogen) atoms. The van der Waals surface area contributed by atoms with Gasteiger partial charge in [-0.15, -0.1) is 11.3 Å². The summed E-state index contributed by atoms with van der Waals surface area (Å²) in [7, 11) is 7.96. The fourth-order valence-electron chi connectivity index (χ4n) is 5.23. The quantitative estimate of drug-likeness (QED) is 0.316. The summed E-state index contributed by atoms with van der Waals surface area (Å²) >= 11 is 1.49. The molecule has 0 saturated carbocycles. The molecule has 2 aliphatic heterocycles. The molecule has 4 N–H and O–H groups in total. The molecule has 1 fully saturated rings. The van der Waals surface area contributed by atoms with Crippen molar-refractivity contribution in [1.82, 2.24) is 31.0 Å². The molecule has 2 amide bonds. The SMILES string of the molecule is CN(C)CCN(C)c1ccc(NC2C=C([C@@]3(NC(=O)c4cc5ccccc5s4)CCCNC3)N(C)NC2=O)nc1. The van der Waals surface area contributed by atoms with Crippen molar-refractivity contribution in [2.45, 2.75) is 24.4 Å². The molecule has 2 aromatic heterocycles. The number of fused-ring (bicyclic) bond motifs is 1. The van der Waals surface area contributed by atoms with Crippen molar-refractivity contribution in [1.29, 1.82) is 0 Å². The zero-order valence-electron chi connectivity index (χ0n) is 23.5. The maximum absolute atomic E-state index is 13.6. The monoisotopic (exact) mass is 562 g/mol. The summed E-state index contributed by atoms with van der Waals surface area (Å²) in [5.41, 5.74) is 4.13. The molecule has 5 rings (SSSR count). The molecule has 1 unspecified atom stereocenters. The molecule has 11 heteroatoms. The number of thiophene rings is 1. The molecule has 2 aliphatic rings. The third-order valence-corrected chi connectivity index (χ3v) is 8.61. The van der Waals surface area contributed by atoms with Crippen LogP contribution in [0.3, 0.4) is 0 Å². The molecule has 212 valence electrons. The highest BCUT2D eigenvalue weighted by Gasteiger charge is 2.43. The second kappa shape index (κ2) is 11.8. The molecule has 4 heterocycles. The summed E-state index contributed by atoms with van der Waals surface area (Å²) in [6.45, 7) is 3.27. The lowest BCUT2D eigenvalue weighted by Crippen LogP contribution is -2.65. The van der Waals surface area contributed by atoms with Gasteiger partial charge in [-0.1, -0.05) is 18.2 Å². The molecule has 0 spiro atoms. The van der Waals surface area contributed by atoms with E-state index in [1.165, 1.54) is 11.3 Å². The van der Waals surface area contributed by atoms with Gasteiger partial charge in [-0.2, -0.15) is 0 Å². The molecular formula is C29H38N8O2S. The highest BCUT2D eigenvalue weighted by Crippen LogP contribution is 2.31. The first-order valence-corrected chi connectivity index (χ1v) is 14.4. The number of rotatable bonds is 9. The minimum Gasteiger partial charge on any atom is -0.372 e. The summed E-state index contributed by atoms with van der Waals surface area (Å²) in [6, 6.07) is 13.2. The Kier molecular flexibility index (Phi) is 8.24. The van der Waals surface area contributed by atoms with Crippen LogP contribution >= 0.6 is 11.3 Å². The van der Waals surface area contributed by atoms with Gasteiger partial charge in [0.05, 0.1) is 28.0 Å². The van der Waals surface area contributed by atoms with Crippen molar-refractivity contribution in [2.75, 3.05) is 64.6 Å². The molecule has 0 bridgehead atoms. The van der Waals surface area contributed by atoms with E-state index in [1.54, 1.807) is 5.01 Å². The highest BCUT2D eigenvalue weighted by atomic mass is 32.1. The van der Waals surface area contributed by atoms with Crippen LogP contribution in [0.15, 0.2) is 60.4 Å². The van der Waals surface area contributed by atoms with Crippen molar-refractivity contribution in [3.8, 4) is 0 Å². The van der Waals surface area contributed by atoms with Crippen molar-refractivity contribution in [2.24, 2.45) is 0 Å². The predicted molar refractivity (Wildman–Crippen MR) is 162 cm³/mol. The second-order valence-corrected chi connectivity index (χ2v) is 11.9. The second-order valence-electron chi connectivity index (χ2n) is 10.8. The first-order valence-electron chi connectivity index (χ1n) is 13.6. The maximum Gasteiger partial charge on any atom is 0.265 e. The van der Waals surface area contributed by atoms with Crippen LogP contribution < -0.4 is 26.3 Å². The lowest BCUT2D eigenvalue weighted by Gasteiger charge is -2.45. The number of benzene rings is 1. The molecule has 0 aliphatic carbocycles. The Bertz CT molecular complexity index is 1350. The highest BCUT2D eigenvalue weighted by molar-refractivity contribution is 7.20. The first-order chi connectivity index (χ1) is 19.2. The summed E-state index contributed by atoms with van der Waals surface area (Å²) < 4.78 is 1.08. The molecule has 1 saturated heterocycles. The third-order valence-electron chi connectivity index (χ3n) is 7.50. The number of carbonyl (C=O) groups excluding carboxylic acids is 2. The van der Waals surface area contributed by atoms with Crippen molar-refractivity contribution in [3.05, 3.63) is 65.3 Å². The Morgan fingerprint density at radius 1 is 1.20 bits per heavy atom. The minimum atomic E-state index is -0.680. The number of piperidine rings is 1. The summed E-state index contributed by atoms with van der Waals surface area (Å²) in [5.74, 6) is 0.307. The van der Waals surface area contributed by atoms with E-state index >= 15 is 0 Å². The zero-order chi connectivity index (χ0) is 28.3. The zero-order valence-corrected chi connectivity index (χ0v) is 24.3. The average Bonchev–Trinajstić information content (AvgIpc) is 3.39. The Morgan fingerprint density at radius 2 is 2.02 bits per heavy atom. The predicted octanol–water partition coefficient (Wildman–Crippen LogP) is 2.49. The summed E-state index contributed by atoms with van der Waals surface area (Å²) in [6.07, 6.45) is 5.37. The van der Waals surface area contributed by atoms with Gasteiger partial charge in [0.25, 0.3) is 11.8 Å². The number of aromatic nitrogens is 1. The lowest BCUT2D eigenvalue weighted by atomic mass is 9.84. The number of anilines is 2. The third kappa shape index (κ3) is 6.06. The van der Waals surface area contributed by atoms with Crippen LogP contribution in [-0.4, -0.2) is 92.7 Å². The molecule has 2 atom stereocenters. The fourth-order valence-corrected chi connectivity index (χ4v) is 6.19. The molecule has 3 aromatic rings. The normalized spacial score (nSPS) is 21.2. The molecular weight excluding hydrogens is 524 g/mol. The van der Waals surface area contributed by atoms with Gasteiger partial charge in [-0.25, -0.2) is 4.98 Å². The standard InChI is InChI=1S/C29H38N8O2S/c1-35(2)14-15-36(3)21-10-11-26(31-18-21)32-22-17-25(37(4)34-27(22)38)29(12-7-13-30-19-29)33-28(39)24-16-20-8-5-6-9-23(20)40-24/h5-6,8-11,16-18,22,30H,7,12-15,19H2,1-4H3,(H,31,32)(H,33,39)(H,34,38)/t22?,29-/m1/s1. The van der Waals surface area contributed by atoms with Crippen molar-refractivity contribution in [3.63, 3.8) is 0 Å². The van der Waals surface area contributed by atoms with E-state index in [0.717, 1.165) is 53.9 Å². The van der Waals surface area contributed by atoms with E-state index < -0.39 is 11.6 Å². The Hall–Kier alpha value is -3.67. The van der Waals surface area contributed by atoms with E-state index in [1.807, 2.05) is 68.8 Å². The Morgan fingerprint density at radius 3 is 2.73 bits per heavy atom. The summed E-state index contributed by atoms with van der Waals surface area (Å²) in [4.78, 5) is 36.1. The van der Waals surface area contributed by atoms with Crippen LogP contribution in [0.2, 0.25) is 0 Å². The van der Waals surface area contributed by atoms with Crippen LogP contribution in [0.5, 0.6) is 0 Å². The van der Waals surface area contributed by atoms with Gasteiger partial charge < -0.3 is 25.8 Å². The molecule has 0 radical (unpaired) electrons. The average molecular weight is 563 g/mol. The van der Waals surface area contributed by atoms with E-state index in [-0.39, 0.29) is 11.8 Å². The number of likely N-dealkylation sites (N-methyl/N-ethyl adjacent to an activating group) is 3. The van der Waals surface area contributed by atoms with Crippen molar-refractivity contribution < 1.29 is 9.59 Å². The lowest BCUT2D eigenvalue weighted by molar-refractivity contribution is -0.125. The van der Waals surface area contributed by atoms with Crippen LogP contribution in [0.25, 0.3) is 10.1 Å². The van der Waals surface area contributed by atoms with Gasteiger partial charge in [-0.05, 0) is 69.2 Å². The van der Waals surface area contributed by atoms with Gasteiger partial charge in [0.1, 0.15) is 11.9 Å². The van der Waals surface area contributed by atoms with Crippen LogP contribution in [0.1, 0.15) is 22.5 Å². The van der Waals surface area contributed by atoms with Gasteiger partial charge >= 0.3 is 0 Å². The Labute approximate surface area is 239 Å². The fraction of sp³-hybridized carbons (Fsp3) is 0.414. The number of hydrogen-bond acceptors (Lipinski definition) is 9. The number of nitrogens with zero attached hydrogens (tertiary/aromatic N) is 4. The van der Waals surface area contributed by atoms with Crippen LogP contribution in [0, 0.1) is 0 Å². The summed E-state index contributed by atoms with van der Waals surface area (Å²) in [5, 5.41) is 12.9. The van der Waals surface area contributed by atoms with Crippen LogP contribution in [0.4, 0.5) is 11.5 Å². The smallest absolute Gasteiger partial charge is 0.265 e. The number of hydrogen-bond donors (Lipinski definition) is 4. The number of amides is 2. The van der Waals surface area contributed by atoms with E-state index in [9.17, 15) is 9.59 Å².